The minimum Gasteiger partial charge on any atom is -0.382 e. The standard InChI is InChI=1S/C14H24O4/c1-16-9-10-17-7-4-8-18-13-11-12(15)14(13)5-2-3-6-14/h13H,2-11H2,1H3. The number of hydrogen-bond acceptors (Lipinski definition) is 4. The van der Waals surface area contributed by atoms with E-state index < -0.39 is 0 Å². The third-order valence-corrected chi connectivity index (χ3v) is 4.22. The van der Waals surface area contributed by atoms with Gasteiger partial charge in [0.05, 0.1) is 24.7 Å². The van der Waals surface area contributed by atoms with Gasteiger partial charge in [0.1, 0.15) is 5.78 Å². The van der Waals surface area contributed by atoms with E-state index in [1.807, 2.05) is 0 Å². The lowest BCUT2D eigenvalue weighted by Crippen LogP contribution is -2.53. The largest absolute Gasteiger partial charge is 0.382 e. The normalized spacial score (nSPS) is 25.6. The van der Waals surface area contributed by atoms with Crippen molar-refractivity contribution in [2.24, 2.45) is 5.41 Å². The maximum atomic E-state index is 11.8. The van der Waals surface area contributed by atoms with Gasteiger partial charge in [0.25, 0.3) is 0 Å². The summed E-state index contributed by atoms with van der Waals surface area (Å²) in [6.45, 7) is 2.69. The van der Waals surface area contributed by atoms with Crippen molar-refractivity contribution in [1.82, 2.24) is 0 Å². The van der Waals surface area contributed by atoms with E-state index in [1.54, 1.807) is 7.11 Å². The van der Waals surface area contributed by atoms with Crippen LogP contribution in [-0.4, -0.2) is 45.4 Å². The predicted octanol–water partition coefficient (Wildman–Crippen LogP) is 1.96. The van der Waals surface area contributed by atoms with Crippen molar-refractivity contribution in [1.29, 1.82) is 0 Å². The number of hydrogen-bond donors (Lipinski definition) is 0. The molecule has 0 heterocycles. The van der Waals surface area contributed by atoms with Crippen LogP contribution in [0.2, 0.25) is 0 Å². The molecule has 0 aromatic heterocycles. The van der Waals surface area contributed by atoms with Crippen LogP contribution in [0.5, 0.6) is 0 Å². The van der Waals surface area contributed by atoms with E-state index in [4.69, 9.17) is 14.2 Å². The quantitative estimate of drug-likeness (QED) is 0.623. The minimum absolute atomic E-state index is 0.0864. The van der Waals surface area contributed by atoms with E-state index in [2.05, 4.69) is 0 Å². The number of methoxy groups -OCH3 is 1. The molecule has 104 valence electrons. The fraction of sp³-hybridized carbons (Fsp3) is 0.929. The Hall–Kier alpha value is -0.450. The Morgan fingerprint density at radius 3 is 2.61 bits per heavy atom. The molecular formula is C14H24O4. The van der Waals surface area contributed by atoms with Gasteiger partial charge in [-0.1, -0.05) is 12.8 Å². The average Bonchev–Trinajstić information content (AvgIpc) is 2.88. The maximum Gasteiger partial charge on any atom is 0.144 e. The SMILES string of the molecule is COCCOCCCOC1CC(=O)C12CCCC2. The first-order chi connectivity index (χ1) is 8.79. The van der Waals surface area contributed by atoms with Crippen molar-refractivity contribution in [3.63, 3.8) is 0 Å². The van der Waals surface area contributed by atoms with Crippen molar-refractivity contribution in [3.8, 4) is 0 Å². The number of ketones is 1. The number of ether oxygens (including phenoxy) is 3. The minimum atomic E-state index is -0.0864. The van der Waals surface area contributed by atoms with E-state index >= 15 is 0 Å². The summed E-state index contributed by atoms with van der Waals surface area (Å²) in [5.74, 6) is 0.432. The molecule has 0 saturated heterocycles. The third kappa shape index (κ3) is 2.92. The summed E-state index contributed by atoms with van der Waals surface area (Å²) >= 11 is 0. The number of Topliss-reactive ketones (excluding diaryl/α,β-unsaturated/α-hetero) is 1. The molecule has 4 heteroatoms. The molecule has 2 fully saturated rings. The molecule has 0 radical (unpaired) electrons. The lowest BCUT2D eigenvalue weighted by molar-refractivity contribution is -0.163. The van der Waals surface area contributed by atoms with E-state index in [0.717, 1.165) is 19.3 Å². The second-order valence-corrected chi connectivity index (χ2v) is 5.31. The Morgan fingerprint density at radius 1 is 1.17 bits per heavy atom. The van der Waals surface area contributed by atoms with Gasteiger partial charge in [-0.05, 0) is 19.3 Å². The average molecular weight is 256 g/mol. The van der Waals surface area contributed by atoms with Crippen LogP contribution >= 0.6 is 0 Å². The van der Waals surface area contributed by atoms with Gasteiger partial charge in [-0.15, -0.1) is 0 Å². The monoisotopic (exact) mass is 256 g/mol. The van der Waals surface area contributed by atoms with Crippen molar-refractivity contribution >= 4 is 5.78 Å². The van der Waals surface area contributed by atoms with Gasteiger partial charge in [0.15, 0.2) is 0 Å². The molecular weight excluding hydrogens is 232 g/mol. The van der Waals surface area contributed by atoms with Crippen LogP contribution < -0.4 is 0 Å². The smallest absolute Gasteiger partial charge is 0.144 e. The van der Waals surface area contributed by atoms with Crippen LogP contribution in [0.3, 0.4) is 0 Å². The van der Waals surface area contributed by atoms with Gasteiger partial charge in [0.2, 0.25) is 0 Å². The molecule has 2 rings (SSSR count). The molecule has 4 nitrogen and oxygen atoms in total. The third-order valence-electron chi connectivity index (χ3n) is 4.22. The molecule has 1 spiro atoms. The van der Waals surface area contributed by atoms with Crippen molar-refractivity contribution in [3.05, 3.63) is 0 Å². The van der Waals surface area contributed by atoms with Gasteiger partial charge in [-0.3, -0.25) is 4.79 Å². The van der Waals surface area contributed by atoms with Gasteiger partial charge >= 0.3 is 0 Å². The maximum absolute atomic E-state index is 11.8. The van der Waals surface area contributed by atoms with Crippen LogP contribution in [0, 0.1) is 5.41 Å². The predicted molar refractivity (Wildman–Crippen MR) is 67.6 cm³/mol. The summed E-state index contributed by atoms with van der Waals surface area (Å²) in [7, 11) is 1.67. The molecule has 0 aromatic carbocycles. The van der Waals surface area contributed by atoms with E-state index in [-0.39, 0.29) is 11.5 Å². The van der Waals surface area contributed by atoms with E-state index in [0.29, 0.717) is 38.6 Å². The molecule has 1 unspecified atom stereocenters. The summed E-state index contributed by atoms with van der Waals surface area (Å²) in [5.41, 5.74) is -0.0864. The van der Waals surface area contributed by atoms with Crippen LogP contribution in [0.25, 0.3) is 0 Å². The zero-order valence-electron chi connectivity index (χ0n) is 11.3. The number of carbonyl (C=O) groups is 1. The van der Waals surface area contributed by atoms with Crippen LogP contribution in [-0.2, 0) is 19.0 Å². The molecule has 0 N–H and O–H groups in total. The van der Waals surface area contributed by atoms with Crippen LogP contribution in [0.1, 0.15) is 38.5 Å². The molecule has 1 atom stereocenters. The second kappa shape index (κ2) is 6.64. The molecule has 0 aromatic rings. The Bertz CT molecular complexity index is 271. The molecule has 2 aliphatic carbocycles. The number of rotatable bonds is 8. The summed E-state index contributed by atoms with van der Waals surface area (Å²) in [6, 6.07) is 0. The first-order valence-electron chi connectivity index (χ1n) is 7.01. The Morgan fingerprint density at radius 2 is 1.94 bits per heavy atom. The van der Waals surface area contributed by atoms with E-state index in [1.165, 1.54) is 12.8 Å². The highest BCUT2D eigenvalue weighted by molar-refractivity contribution is 5.92. The topological polar surface area (TPSA) is 44.8 Å². The van der Waals surface area contributed by atoms with Crippen LogP contribution in [0.4, 0.5) is 0 Å². The zero-order valence-corrected chi connectivity index (χ0v) is 11.3. The lowest BCUT2D eigenvalue weighted by atomic mass is 9.63. The zero-order chi connectivity index (χ0) is 12.8. The molecule has 18 heavy (non-hydrogen) atoms. The van der Waals surface area contributed by atoms with Gasteiger partial charge < -0.3 is 14.2 Å². The molecule has 2 saturated carbocycles. The van der Waals surface area contributed by atoms with Crippen molar-refractivity contribution in [2.75, 3.05) is 33.5 Å². The highest BCUT2D eigenvalue weighted by Gasteiger charge is 2.56. The van der Waals surface area contributed by atoms with Crippen molar-refractivity contribution in [2.45, 2.75) is 44.6 Å². The van der Waals surface area contributed by atoms with Gasteiger partial charge in [0, 0.05) is 26.7 Å². The highest BCUT2D eigenvalue weighted by Crippen LogP contribution is 2.51. The summed E-state index contributed by atoms with van der Waals surface area (Å²) in [5, 5.41) is 0. The first-order valence-corrected chi connectivity index (χ1v) is 7.01. The Balaban J connectivity index is 1.56. The molecule has 0 bridgehead atoms. The second-order valence-electron chi connectivity index (χ2n) is 5.31. The summed E-state index contributed by atoms with van der Waals surface area (Å²) in [4.78, 5) is 11.8. The van der Waals surface area contributed by atoms with Gasteiger partial charge in [-0.25, -0.2) is 0 Å². The fourth-order valence-corrected chi connectivity index (χ4v) is 3.07. The van der Waals surface area contributed by atoms with Gasteiger partial charge in [-0.2, -0.15) is 0 Å². The van der Waals surface area contributed by atoms with E-state index in [9.17, 15) is 4.79 Å². The summed E-state index contributed by atoms with van der Waals surface area (Å²) < 4.78 is 16.1. The number of carbonyl (C=O) groups excluding carboxylic acids is 1. The molecule has 2 aliphatic rings. The highest BCUT2D eigenvalue weighted by atomic mass is 16.5. The summed E-state index contributed by atoms with van der Waals surface area (Å²) in [6.07, 6.45) is 6.17. The first kappa shape index (κ1) is 14.0. The Labute approximate surface area is 109 Å². The van der Waals surface area contributed by atoms with Crippen molar-refractivity contribution < 1.29 is 19.0 Å². The lowest BCUT2D eigenvalue weighted by Gasteiger charge is -2.44. The van der Waals surface area contributed by atoms with Crippen LogP contribution in [0.15, 0.2) is 0 Å². The molecule has 0 amide bonds. The molecule has 0 aliphatic heterocycles. The Kier molecular flexibility index (Phi) is 5.15. The fourth-order valence-electron chi connectivity index (χ4n) is 3.07.